The summed E-state index contributed by atoms with van der Waals surface area (Å²) in [6, 6.07) is 13.0. The fourth-order valence-corrected chi connectivity index (χ4v) is 3.88. The summed E-state index contributed by atoms with van der Waals surface area (Å²) in [4.78, 5) is 38.3. The number of fused-ring (bicyclic) bond motifs is 3. The van der Waals surface area contributed by atoms with Gasteiger partial charge in [0, 0.05) is 0 Å². The number of amides is 1. The van der Waals surface area contributed by atoms with Crippen molar-refractivity contribution in [2.24, 2.45) is 0 Å². The van der Waals surface area contributed by atoms with Crippen LogP contribution in [0.1, 0.15) is 15.9 Å². The minimum Gasteiger partial charge on any atom is -0.422 e. The van der Waals surface area contributed by atoms with Gasteiger partial charge in [0.05, 0.1) is 16.0 Å². The maximum atomic E-state index is 12.9. The maximum absolute atomic E-state index is 12.9. The van der Waals surface area contributed by atoms with Gasteiger partial charge in [-0.2, -0.15) is 5.10 Å². The van der Waals surface area contributed by atoms with Crippen molar-refractivity contribution in [1.29, 1.82) is 0 Å². The van der Waals surface area contributed by atoms with Crippen molar-refractivity contribution in [2.75, 3.05) is 5.43 Å². The highest BCUT2D eigenvalue weighted by molar-refractivity contribution is 7.71. The number of nitrogens with zero attached hydrogens (tertiary/aromatic N) is 2. The lowest BCUT2D eigenvalue weighted by molar-refractivity contribution is 0.101. The molecule has 0 saturated heterocycles. The highest BCUT2D eigenvalue weighted by atomic mass is 35.5. The van der Waals surface area contributed by atoms with Gasteiger partial charge < -0.3 is 8.83 Å². The molecule has 0 saturated carbocycles. The molecule has 3 aromatic heterocycles. The molecule has 0 spiro atoms. The molecule has 0 radical (unpaired) electrons. The summed E-state index contributed by atoms with van der Waals surface area (Å²) in [7, 11) is 0. The Kier molecular flexibility index (Phi) is 4.95. The molecule has 0 aliphatic heterocycles. The number of carbonyl (C=O) groups excluding carboxylic acids is 1. The van der Waals surface area contributed by atoms with Crippen molar-refractivity contribution >= 4 is 51.7 Å². The van der Waals surface area contributed by atoms with E-state index >= 15 is 0 Å². The molecule has 3 heterocycles. The van der Waals surface area contributed by atoms with Crippen molar-refractivity contribution < 1.29 is 13.6 Å². The number of aromatic nitrogens is 3. The molecule has 0 aliphatic carbocycles. The summed E-state index contributed by atoms with van der Waals surface area (Å²) >= 11 is 11.3. The average Bonchev–Trinajstić information content (AvgIpc) is 3.14. The van der Waals surface area contributed by atoms with Crippen LogP contribution in [-0.2, 0) is 0 Å². The first-order chi connectivity index (χ1) is 15.8. The second-order valence-corrected chi connectivity index (χ2v) is 7.93. The fourth-order valence-electron chi connectivity index (χ4n) is 3.48. The molecule has 5 rings (SSSR count). The number of aryl methyl sites for hydroxylation is 1. The zero-order chi connectivity index (χ0) is 23.3. The van der Waals surface area contributed by atoms with Gasteiger partial charge in [0.15, 0.2) is 11.4 Å². The Bertz CT molecular complexity index is 1770. The largest absolute Gasteiger partial charge is 0.422 e. The van der Waals surface area contributed by atoms with Gasteiger partial charge in [-0.3, -0.25) is 10.2 Å². The van der Waals surface area contributed by atoms with Crippen molar-refractivity contribution in [3.8, 4) is 11.4 Å². The maximum Gasteiger partial charge on any atom is 0.347 e. The highest BCUT2D eigenvalue weighted by Crippen LogP contribution is 2.26. The molecule has 0 bridgehead atoms. The van der Waals surface area contributed by atoms with E-state index in [0.29, 0.717) is 11.0 Å². The van der Waals surface area contributed by atoms with Crippen molar-refractivity contribution in [3.05, 3.63) is 90.3 Å². The van der Waals surface area contributed by atoms with Crippen LogP contribution in [0, 0.1) is 11.7 Å². The molecule has 5 aromatic rings. The fraction of sp³-hybridized carbons (Fsp3) is 0.0455. The Balaban J connectivity index is 1.68. The second-order valence-electron chi connectivity index (χ2n) is 7.14. The van der Waals surface area contributed by atoms with E-state index < -0.39 is 17.2 Å². The zero-order valence-electron chi connectivity index (χ0n) is 16.8. The average molecular weight is 481 g/mol. The normalized spacial score (nSPS) is 11.2. The minimum absolute atomic E-state index is 0.00562. The first-order valence-corrected chi connectivity index (χ1v) is 10.4. The highest BCUT2D eigenvalue weighted by Gasteiger charge is 2.21. The molecule has 2 N–H and O–H groups in total. The van der Waals surface area contributed by atoms with Gasteiger partial charge in [0.1, 0.15) is 16.5 Å². The van der Waals surface area contributed by atoms with Crippen LogP contribution in [0.25, 0.3) is 33.3 Å². The smallest absolute Gasteiger partial charge is 0.347 e. The number of H-pyrrole nitrogens is 1. The predicted octanol–water partition coefficient (Wildman–Crippen LogP) is 4.17. The van der Waals surface area contributed by atoms with Gasteiger partial charge in [-0.15, -0.1) is 0 Å². The van der Waals surface area contributed by atoms with E-state index in [1.807, 2.05) is 0 Å². The quantitative estimate of drug-likeness (QED) is 0.226. The summed E-state index contributed by atoms with van der Waals surface area (Å²) in [5.74, 6) is -0.634. The van der Waals surface area contributed by atoms with Gasteiger partial charge in [-0.05, 0) is 49.0 Å². The number of benzene rings is 2. The molecular weight excluding hydrogens is 468 g/mol. The predicted molar refractivity (Wildman–Crippen MR) is 125 cm³/mol. The molecule has 11 heteroatoms. The van der Waals surface area contributed by atoms with Gasteiger partial charge in [0.2, 0.25) is 4.77 Å². The summed E-state index contributed by atoms with van der Waals surface area (Å²) in [6.07, 6.45) is 0. The molecular formula is C22H13ClN4O5S. The molecule has 0 fully saturated rings. The van der Waals surface area contributed by atoms with Crippen LogP contribution >= 0.6 is 23.8 Å². The van der Waals surface area contributed by atoms with Crippen LogP contribution in [0.3, 0.4) is 0 Å². The third-order valence-electron chi connectivity index (χ3n) is 5.06. The Labute approximate surface area is 194 Å². The SMILES string of the molecule is Cc1cccc2c1oc(=O)c1cc(-c3n[nH]c(=S)n3NC(=O)c3ccccc3Cl)c(=O)oc12. The summed E-state index contributed by atoms with van der Waals surface area (Å²) < 4.78 is 12.1. The van der Waals surface area contributed by atoms with Gasteiger partial charge >= 0.3 is 11.3 Å². The van der Waals surface area contributed by atoms with E-state index in [1.165, 1.54) is 12.1 Å². The number of hydrogen-bond acceptors (Lipinski definition) is 7. The Morgan fingerprint density at radius 1 is 1.06 bits per heavy atom. The summed E-state index contributed by atoms with van der Waals surface area (Å²) in [5.41, 5.74) is 2.34. The first-order valence-electron chi connectivity index (χ1n) is 9.59. The van der Waals surface area contributed by atoms with Crippen molar-refractivity contribution in [3.63, 3.8) is 0 Å². The molecule has 0 atom stereocenters. The molecule has 164 valence electrons. The second kappa shape index (κ2) is 7.84. The monoisotopic (exact) mass is 480 g/mol. The standard InChI is InChI=1S/C22H13ClN4O5S/c1-10-5-4-7-12-16(10)31-20(29)13-9-14(21(30)32-17(12)13)18-24-25-22(33)27(18)26-19(28)11-6-2-3-8-15(11)23/h2-9H,1H3,(H,25,33)(H,26,28). The molecule has 9 nitrogen and oxygen atoms in total. The number of carbonyl (C=O) groups is 1. The van der Waals surface area contributed by atoms with Crippen LogP contribution < -0.4 is 16.7 Å². The Morgan fingerprint density at radius 3 is 2.61 bits per heavy atom. The topological polar surface area (TPSA) is 123 Å². The third kappa shape index (κ3) is 3.45. The first kappa shape index (κ1) is 20.9. The number of rotatable bonds is 3. The lowest BCUT2D eigenvalue weighted by atomic mass is 10.1. The number of para-hydroxylation sites is 1. The number of aromatic amines is 1. The lowest BCUT2D eigenvalue weighted by Gasteiger charge is -2.10. The summed E-state index contributed by atoms with van der Waals surface area (Å²) in [5, 5.41) is 7.31. The number of halogens is 1. The van der Waals surface area contributed by atoms with E-state index in [9.17, 15) is 14.4 Å². The molecule has 0 aliphatic rings. The van der Waals surface area contributed by atoms with Gasteiger partial charge in [-0.1, -0.05) is 35.9 Å². The third-order valence-corrected chi connectivity index (χ3v) is 5.67. The van der Waals surface area contributed by atoms with E-state index in [0.717, 1.165) is 10.2 Å². The molecule has 2 aromatic carbocycles. The van der Waals surface area contributed by atoms with Crippen LogP contribution in [0.5, 0.6) is 0 Å². The van der Waals surface area contributed by atoms with E-state index in [4.69, 9.17) is 32.7 Å². The van der Waals surface area contributed by atoms with Crippen LogP contribution in [0.4, 0.5) is 0 Å². The van der Waals surface area contributed by atoms with Gasteiger partial charge in [0.25, 0.3) is 5.91 Å². The zero-order valence-corrected chi connectivity index (χ0v) is 18.4. The van der Waals surface area contributed by atoms with E-state index in [-0.39, 0.29) is 37.7 Å². The number of hydrogen-bond donors (Lipinski definition) is 2. The van der Waals surface area contributed by atoms with E-state index in [2.05, 4.69) is 15.6 Å². The van der Waals surface area contributed by atoms with Crippen LogP contribution in [0.15, 0.2) is 67.0 Å². The van der Waals surface area contributed by atoms with Crippen molar-refractivity contribution in [2.45, 2.75) is 6.92 Å². The van der Waals surface area contributed by atoms with Crippen molar-refractivity contribution in [1.82, 2.24) is 14.9 Å². The number of nitrogens with one attached hydrogen (secondary N) is 2. The minimum atomic E-state index is -0.779. The molecule has 1 amide bonds. The Morgan fingerprint density at radius 2 is 1.82 bits per heavy atom. The van der Waals surface area contributed by atoms with Gasteiger partial charge in [-0.25, -0.2) is 19.4 Å². The van der Waals surface area contributed by atoms with E-state index in [1.54, 1.807) is 43.3 Å². The molecule has 0 unspecified atom stereocenters. The Hall–Kier alpha value is -4.02. The molecule has 33 heavy (non-hydrogen) atoms. The summed E-state index contributed by atoms with van der Waals surface area (Å²) in [6.45, 7) is 1.78. The van der Waals surface area contributed by atoms with Crippen LogP contribution in [0.2, 0.25) is 5.02 Å². The van der Waals surface area contributed by atoms with Crippen LogP contribution in [-0.4, -0.2) is 20.8 Å². The lowest BCUT2D eigenvalue weighted by Crippen LogP contribution is -2.25.